The number of methoxy groups -OCH3 is 2. The van der Waals surface area contributed by atoms with Gasteiger partial charge in [-0.2, -0.15) is 0 Å². The van der Waals surface area contributed by atoms with Crippen molar-refractivity contribution >= 4 is 11.7 Å². The summed E-state index contributed by atoms with van der Waals surface area (Å²) < 4.78 is 22.3. The SMILES string of the molecule is COC/N=C(\COc1ccc(COc2ccc(CCC(=O)O)c(OC)c2)cc1)c1ccccc1. The zero-order valence-electron chi connectivity index (χ0n) is 19.4. The fourth-order valence-electron chi connectivity index (χ4n) is 3.26. The van der Waals surface area contributed by atoms with Gasteiger partial charge in [0, 0.05) is 19.6 Å². The van der Waals surface area contributed by atoms with Crippen LogP contribution in [0.5, 0.6) is 17.2 Å². The molecule has 178 valence electrons. The molecular weight excluding hydrogens is 434 g/mol. The van der Waals surface area contributed by atoms with Crippen LogP contribution >= 0.6 is 0 Å². The number of hydrogen-bond acceptors (Lipinski definition) is 6. The molecule has 3 aromatic rings. The highest BCUT2D eigenvalue weighted by Crippen LogP contribution is 2.26. The Hall–Kier alpha value is -3.84. The van der Waals surface area contributed by atoms with Crippen molar-refractivity contribution < 1.29 is 28.8 Å². The van der Waals surface area contributed by atoms with Gasteiger partial charge >= 0.3 is 5.97 Å². The summed E-state index contributed by atoms with van der Waals surface area (Å²) in [4.78, 5) is 15.3. The van der Waals surface area contributed by atoms with Crippen LogP contribution in [0.25, 0.3) is 0 Å². The molecule has 0 bridgehead atoms. The van der Waals surface area contributed by atoms with Crippen molar-refractivity contribution in [3.05, 3.63) is 89.5 Å². The second-order valence-electron chi connectivity index (χ2n) is 7.48. The maximum absolute atomic E-state index is 10.8. The highest BCUT2D eigenvalue weighted by atomic mass is 16.5. The lowest BCUT2D eigenvalue weighted by atomic mass is 10.1. The van der Waals surface area contributed by atoms with Crippen molar-refractivity contribution in [2.75, 3.05) is 27.6 Å². The number of aliphatic carboxylic acids is 1. The van der Waals surface area contributed by atoms with Crippen molar-refractivity contribution in [2.24, 2.45) is 4.99 Å². The van der Waals surface area contributed by atoms with E-state index >= 15 is 0 Å². The van der Waals surface area contributed by atoms with E-state index in [0.717, 1.165) is 28.2 Å². The van der Waals surface area contributed by atoms with E-state index in [0.29, 0.717) is 31.1 Å². The molecule has 0 atom stereocenters. The second kappa shape index (κ2) is 13.0. The van der Waals surface area contributed by atoms with E-state index in [1.165, 1.54) is 0 Å². The molecule has 0 aromatic heterocycles. The Bertz CT molecular complexity index is 1080. The Morgan fingerprint density at radius 1 is 0.912 bits per heavy atom. The number of carboxylic acid groups (broad SMARTS) is 1. The molecule has 0 saturated carbocycles. The average Bonchev–Trinajstić information content (AvgIpc) is 2.87. The summed E-state index contributed by atoms with van der Waals surface area (Å²) in [5, 5.41) is 8.88. The highest BCUT2D eigenvalue weighted by molar-refractivity contribution is 6.01. The first-order valence-corrected chi connectivity index (χ1v) is 10.9. The fraction of sp³-hybridized carbons (Fsp3) is 0.259. The number of nitrogens with zero attached hydrogens (tertiary/aromatic N) is 1. The minimum Gasteiger partial charge on any atom is -0.496 e. The summed E-state index contributed by atoms with van der Waals surface area (Å²) in [7, 11) is 3.17. The molecule has 0 spiro atoms. The van der Waals surface area contributed by atoms with E-state index in [1.807, 2.05) is 66.7 Å². The lowest BCUT2D eigenvalue weighted by molar-refractivity contribution is -0.136. The predicted molar refractivity (Wildman–Crippen MR) is 130 cm³/mol. The molecule has 34 heavy (non-hydrogen) atoms. The van der Waals surface area contributed by atoms with E-state index in [1.54, 1.807) is 20.3 Å². The van der Waals surface area contributed by atoms with Gasteiger partial charge in [0.05, 0.1) is 12.8 Å². The van der Waals surface area contributed by atoms with E-state index in [-0.39, 0.29) is 13.2 Å². The van der Waals surface area contributed by atoms with Crippen LogP contribution in [0, 0.1) is 0 Å². The summed E-state index contributed by atoms with van der Waals surface area (Å²) in [6.45, 7) is 0.981. The van der Waals surface area contributed by atoms with Crippen LogP contribution in [0.1, 0.15) is 23.1 Å². The normalized spacial score (nSPS) is 11.2. The van der Waals surface area contributed by atoms with Crippen LogP contribution in [0.4, 0.5) is 0 Å². The molecule has 0 aliphatic rings. The Morgan fingerprint density at radius 2 is 1.65 bits per heavy atom. The number of hydrogen-bond donors (Lipinski definition) is 1. The van der Waals surface area contributed by atoms with Crippen LogP contribution in [0.15, 0.2) is 77.8 Å². The van der Waals surface area contributed by atoms with Crippen LogP contribution in [0.2, 0.25) is 0 Å². The quantitative estimate of drug-likeness (QED) is 0.368. The molecule has 0 radical (unpaired) electrons. The molecule has 0 heterocycles. The second-order valence-corrected chi connectivity index (χ2v) is 7.48. The van der Waals surface area contributed by atoms with E-state index in [9.17, 15) is 4.79 Å². The van der Waals surface area contributed by atoms with Crippen LogP contribution in [-0.2, 0) is 22.6 Å². The van der Waals surface area contributed by atoms with Gasteiger partial charge in [0.15, 0.2) is 0 Å². The standard InChI is InChI=1S/C27H29NO6/c1-31-19-28-25(21-6-4-3-5-7-21)18-34-23-12-8-20(9-13-23)17-33-24-14-10-22(11-15-27(29)30)26(16-24)32-2/h3-10,12-14,16H,11,15,17-19H2,1-2H3,(H,29,30)/b28-25+. The number of aliphatic imine (C=N–C) groups is 1. The molecule has 3 rings (SSSR count). The minimum atomic E-state index is -0.839. The lowest BCUT2D eigenvalue weighted by Crippen LogP contribution is -2.14. The summed E-state index contributed by atoms with van der Waals surface area (Å²) in [6, 6.07) is 23.0. The zero-order valence-corrected chi connectivity index (χ0v) is 19.4. The number of carbonyl (C=O) groups is 1. The predicted octanol–water partition coefficient (Wildman–Crippen LogP) is 4.76. The van der Waals surface area contributed by atoms with E-state index < -0.39 is 5.97 Å². The summed E-state index contributed by atoms with van der Waals surface area (Å²) in [5.74, 6) is 1.16. The van der Waals surface area contributed by atoms with Gasteiger partial charge in [0.25, 0.3) is 0 Å². The van der Waals surface area contributed by atoms with Gasteiger partial charge in [-0.25, -0.2) is 0 Å². The van der Waals surface area contributed by atoms with Crippen molar-refractivity contribution in [3.8, 4) is 17.2 Å². The molecule has 0 aliphatic carbocycles. The number of benzene rings is 3. The van der Waals surface area contributed by atoms with Gasteiger partial charge in [-0.05, 0) is 41.3 Å². The molecule has 1 N–H and O–H groups in total. The molecule has 0 fully saturated rings. The first-order chi connectivity index (χ1) is 16.6. The average molecular weight is 464 g/mol. The Balaban J connectivity index is 1.56. The molecular formula is C27H29NO6. The number of rotatable bonds is 13. The monoisotopic (exact) mass is 463 g/mol. The first kappa shape index (κ1) is 24.8. The maximum Gasteiger partial charge on any atom is 0.303 e. The van der Waals surface area contributed by atoms with Crippen molar-refractivity contribution in [1.82, 2.24) is 0 Å². The largest absolute Gasteiger partial charge is 0.496 e. The minimum absolute atomic E-state index is 0.0516. The van der Waals surface area contributed by atoms with Gasteiger partial charge in [-0.15, -0.1) is 0 Å². The Labute approximate surface area is 199 Å². The summed E-state index contributed by atoms with van der Waals surface area (Å²) in [6.07, 6.45) is 0.457. The van der Waals surface area contributed by atoms with E-state index in [4.69, 9.17) is 24.1 Å². The lowest BCUT2D eigenvalue weighted by Gasteiger charge is -2.12. The number of carboxylic acids is 1. The summed E-state index contributed by atoms with van der Waals surface area (Å²) >= 11 is 0. The molecule has 3 aromatic carbocycles. The third-order valence-electron chi connectivity index (χ3n) is 5.06. The topological polar surface area (TPSA) is 86.6 Å². The van der Waals surface area contributed by atoms with Crippen molar-refractivity contribution in [1.29, 1.82) is 0 Å². The maximum atomic E-state index is 10.8. The third kappa shape index (κ3) is 7.64. The fourth-order valence-corrected chi connectivity index (χ4v) is 3.26. The van der Waals surface area contributed by atoms with Gasteiger partial charge in [0.1, 0.15) is 37.2 Å². The van der Waals surface area contributed by atoms with Crippen molar-refractivity contribution in [2.45, 2.75) is 19.4 Å². The molecule has 0 unspecified atom stereocenters. The molecule has 0 saturated heterocycles. The van der Waals surface area contributed by atoms with E-state index in [2.05, 4.69) is 4.99 Å². The number of aryl methyl sites for hydroxylation is 1. The summed E-state index contributed by atoms with van der Waals surface area (Å²) in [5.41, 5.74) is 3.63. The molecule has 7 nitrogen and oxygen atoms in total. The zero-order chi connectivity index (χ0) is 24.2. The molecule has 0 amide bonds. The van der Waals surface area contributed by atoms with Crippen LogP contribution < -0.4 is 14.2 Å². The molecule has 7 heteroatoms. The van der Waals surface area contributed by atoms with Crippen molar-refractivity contribution in [3.63, 3.8) is 0 Å². The Kier molecular flexibility index (Phi) is 9.49. The third-order valence-corrected chi connectivity index (χ3v) is 5.06. The van der Waals surface area contributed by atoms with Crippen LogP contribution in [-0.4, -0.2) is 44.3 Å². The van der Waals surface area contributed by atoms with Crippen LogP contribution in [0.3, 0.4) is 0 Å². The smallest absolute Gasteiger partial charge is 0.303 e. The highest BCUT2D eigenvalue weighted by Gasteiger charge is 2.09. The van der Waals surface area contributed by atoms with Gasteiger partial charge in [-0.1, -0.05) is 48.5 Å². The molecule has 0 aliphatic heterocycles. The Morgan fingerprint density at radius 3 is 2.32 bits per heavy atom. The first-order valence-electron chi connectivity index (χ1n) is 10.9. The number of ether oxygens (including phenoxy) is 4. The van der Waals surface area contributed by atoms with Gasteiger partial charge < -0.3 is 24.1 Å². The van der Waals surface area contributed by atoms with Gasteiger partial charge in [0.2, 0.25) is 0 Å². The van der Waals surface area contributed by atoms with Gasteiger partial charge in [-0.3, -0.25) is 9.79 Å².